The highest BCUT2D eigenvalue weighted by molar-refractivity contribution is 7.98. The smallest absolute Gasteiger partial charge is 0.0457 e. The van der Waals surface area contributed by atoms with Gasteiger partial charge in [-0.2, -0.15) is 11.8 Å². The molecule has 1 aromatic heterocycles. The lowest BCUT2D eigenvalue weighted by Gasteiger charge is -2.24. The Morgan fingerprint density at radius 2 is 2.00 bits per heavy atom. The molecule has 27 heavy (non-hydrogen) atoms. The van der Waals surface area contributed by atoms with Crippen molar-refractivity contribution in [1.82, 2.24) is 10.3 Å². The standard InChI is InChI=1S/C23H26N2S2/c1-26-21-7-8-23-22(14-21)19(15-25-23)16-27-12-10-20-13-18(9-11-24-20)17-5-3-2-4-6-17/h2-9,14-15,20,24-25H,10-13,16H2,1H3. The van der Waals surface area contributed by atoms with Crippen molar-refractivity contribution in [1.29, 1.82) is 0 Å². The lowest BCUT2D eigenvalue weighted by molar-refractivity contribution is 0.525. The minimum Gasteiger partial charge on any atom is -0.361 e. The van der Waals surface area contributed by atoms with E-state index in [1.165, 1.54) is 44.7 Å². The Balaban J connectivity index is 1.29. The molecule has 3 aromatic rings. The van der Waals surface area contributed by atoms with Gasteiger partial charge in [-0.25, -0.2) is 0 Å². The molecule has 0 saturated heterocycles. The highest BCUT2D eigenvalue weighted by atomic mass is 32.2. The summed E-state index contributed by atoms with van der Waals surface area (Å²) in [5, 5.41) is 5.03. The number of nitrogens with one attached hydrogen (secondary N) is 2. The monoisotopic (exact) mass is 394 g/mol. The van der Waals surface area contributed by atoms with Crippen molar-refractivity contribution in [2.24, 2.45) is 0 Å². The Morgan fingerprint density at radius 3 is 2.85 bits per heavy atom. The third-order valence-corrected chi connectivity index (χ3v) is 6.97. The van der Waals surface area contributed by atoms with Gasteiger partial charge in [0.25, 0.3) is 0 Å². The van der Waals surface area contributed by atoms with Gasteiger partial charge in [-0.15, -0.1) is 11.8 Å². The van der Waals surface area contributed by atoms with E-state index in [4.69, 9.17) is 0 Å². The van der Waals surface area contributed by atoms with Crippen LogP contribution in [0.5, 0.6) is 0 Å². The molecule has 0 bridgehead atoms. The fraction of sp³-hybridized carbons (Fsp3) is 0.304. The lowest BCUT2D eigenvalue weighted by Crippen LogP contribution is -2.33. The molecule has 1 atom stereocenters. The molecule has 0 fully saturated rings. The van der Waals surface area contributed by atoms with Gasteiger partial charge in [-0.05, 0) is 59.7 Å². The number of H-pyrrole nitrogens is 1. The highest BCUT2D eigenvalue weighted by Crippen LogP contribution is 2.28. The SMILES string of the molecule is CSc1ccc2[nH]cc(CSCCC3CC(c4ccccc4)=CCN3)c2c1. The first kappa shape index (κ1) is 18.7. The predicted octanol–water partition coefficient (Wildman–Crippen LogP) is 5.96. The van der Waals surface area contributed by atoms with Crippen molar-refractivity contribution in [2.75, 3.05) is 18.6 Å². The number of fused-ring (bicyclic) bond motifs is 1. The second-order valence-corrected chi connectivity index (χ2v) is 8.96. The number of aromatic amines is 1. The van der Waals surface area contributed by atoms with Gasteiger partial charge >= 0.3 is 0 Å². The summed E-state index contributed by atoms with van der Waals surface area (Å²) in [6, 6.07) is 18.1. The van der Waals surface area contributed by atoms with Crippen LogP contribution >= 0.6 is 23.5 Å². The van der Waals surface area contributed by atoms with Gasteiger partial charge in [0.1, 0.15) is 0 Å². The van der Waals surface area contributed by atoms with Crippen molar-refractivity contribution in [3.63, 3.8) is 0 Å². The molecule has 2 N–H and O–H groups in total. The van der Waals surface area contributed by atoms with Crippen molar-refractivity contribution in [3.8, 4) is 0 Å². The molecule has 0 aliphatic carbocycles. The molecule has 1 unspecified atom stereocenters. The van der Waals surface area contributed by atoms with Crippen LogP contribution in [0.4, 0.5) is 0 Å². The Bertz CT molecular complexity index is 915. The van der Waals surface area contributed by atoms with Gasteiger partial charge in [-0.3, -0.25) is 0 Å². The molecule has 0 spiro atoms. The fourth-order valence-electron chi connectivity index (χ4n) is 3.67. The van der Waals surface area contributed by atoms with Crippen molar-refractivity contribution < 1.29 is 0 Å². The molecule has 2 aromatic carbocycles. The molecule has 4 heteroatoms. The zero-order chi connectivity index (χ0) is 18.5. The van der Waals surface area contributed by atoms with E-state index in [1.54, 1.807) is 11.8 Å². The Kier molecular flexibility index (Phi) is 6.28. The molecular formula is C23H26N2S2. The van der Waals surface area contributed by atoms with E-state index < -0.39 is 0 Å². The number of rotatable bonds is 7. The third kappa shape index (κ3) is 4.63. The summed E-state index contributed by atoms with van der Waals surface area (Å²) < 4.78 is 0. The molecular weight excluding hydrogens is 368 g/mol. The first-order chi connectivity index (χ1) is 13.3. The number of thioether (sulfide) groups is 2. The molecule has 0 saturated carbocycles. The number of hydrogen-bond donors (Lipinski definition) is 2. The Morgan fingerprint density at radius 1 is 1.11 bits per heavy atom. The zero-order valence-corrected chi connectivity index (χ0v) is 17.3. The van der Waals surface area contributed by atoms with Gasteiger partial charge < -0.3 is 10.3 Å². The van der Waals surface area contributed by atoms with E-state index in [-0.39, 0.29) is 0 Å². The summed E-state index contributed by atoms with van der Waals surface area (Å²) in [5.41, 5.74) is 5.54. The molecule has 140 valence electrons. The minimum atomic E-state index is 0.587. The van der Waals surface area contributed by atoms with Crippen LogP contribution in [-0.4, -0.2) is 29.6 Å². The third-order valence-electron chi connectivity index (χ3n) is 5.21. The minimum absolute atomic E-state index is 0.587. The van der Waals surface area contributed by atoms with Gasteiger partial charge in [-0.1, -0.05) is 36.4 Å². The van der Waals surface area contributed by atoms with E-state index in [2.05, 4.69) is 77.4 Å². The molecule has 4 rings (SSSR count). The molecule has 2 heterocycles. The summed E-state index contributed by atoms with van der Waals surface area (Å²) in [4.78, 5) is 4.74. The van der Waals surface area contributed by atoms with Crippen LogP contribution < -0.4 is 5.32 Å². The maximum Gasteiger partial charge on any atom is 0.0457 e. The lowest BCUT2D eigenvalue weighted by atomic mass is 9.94. The molecule has 0 radical (unpaired) electrons. The van der Waals surface area contributed by atoms with Crippen LogP contribution in [0.3, 0.4) is 0 Å². The normalized spacial score (nSPS) is 17.2. The van der Waals surface area contributed by atoms with Gasteiger partial charge in [0.15, 0.2) is 0 Å². The first-order valence-corrected chi connectivity index (χ1v) is 11.9. The zero-order valence-electron chi connectivity index (χ0n) is 15.7. The first-order valence-electron chi connectivity index (χ1n) is 9.53. The van der Waals surface area contributed by atoms with Gasteiger partial charge in [0.05, 0.1) is 0 Å². The van der Waals surface area contributed by atoms with Crippen LogP contribution in [0.25, 0.3) is 16.5 Å². The average Bonchev–Trinajstić information content (AvgIpc) is 3.14. The molecule has 1 aliphatic rings. The Labute approximate surface area is 170 Å². The van der Waals surface area contributed by atoms with Crippen LogP contribution in [0, 0.1) is 0 Å². The number of aromatic nitrogens is 1. The second kappa shape index (κ2) is 9.05. The summed E-state index contributed by atoms with van der Waals surface area (Å²) >= 11 is 3.85. The van der Waals surface area contributed by atoms with Crippen LogP contribution in [0.2, 0.25) is 0 Å². The van der Waals surface area contributed by atoms with Gasteiger partial charge in [0.2, 0.25) is 0 Å². The van der Waals surface area contributed by atoms with Crippen molar-refractivity contribution in [2.45, 2.75) is 29.5 Å². The average molecular weight is 395 g/mol. The van der Waals surface area contributed by atoms with E-state index in [0.29, 0.717) is 6.04 Å². The number of hydrogen-bond acceptors (Lipinski definition) is 3. The van der Waals surface area contributed by atoms with E-state index in [1.807, 2.05) is 11.8 Å². The van der Waals surface area contributed by atoms with E-state index >= 15 is 0 Å². The summed E-state index contributed by atoms with van der Waals surface area (Å²) in [7, 11) is 0. The molecule has 1 aliphatic heterocycles. The topological polar surface area (TPSA) is 27.8 Å². The summed E-state index contributed by atoms with van der Waals surface area (Å²) in [5.74, 6) is 2.26. The Hall–Kier alpha value is -1.62. The summed E-state index contributed by atoms with van der Waals surface area (Å²) in [6.45, 7) is 0.986. The van der Waals surface area contributed by atoms with Crippen LogP contribution in [0.15, 0.2) is 65.7 Å². The predicted molar refractivity (Wildman–Crippen MR) is 122 cm³/mol. The maximum absolute atomic E-state index is 3.66. The van der Waals surface area contributed by atoms with Crippen molar-refractivity contribution in [3.05, 3.63) is 71.9 Å². The fourth-order valence-corrected chi connectivity index (χ4v) is 5.17. The van der Waals surface area contributed by atoms with E-state index in [0.717, 1.165) is 18.7 Å². The van der Waals surface area contributed by atoms with Gasteiger partial charge in [0, 0.05) is 40.3 Å². The summed E-state index contributed by atoms with van der Waals surface area (Å²) in [6.07, 6.45) is 9.00. The van der Waals surface area contributed by atoms with E-state index in [9.17, 15) is 0 Å². The quantitative estimate of drug-likeness (QED) is 0.382. The van der Waals surface area contributed by atoms with Crippen LogP contribution in [0.1, 0.15) is 24.0 Å². The highest BCUT2D eigenvalue weighted by Gasteiger charge is 2.15. The second-order valence-electron chi connectivity index (χ2n) is 6.97. The number of benzene rings is 2. The van der Waals surface area contributed by atoms with Crippen molar-refractivity contribution >= 4 is 40.0 Å². The maximum atomic E-state index is 3.66. The largest absolute Gasteiger partial charge is 0.361 e. The molecule has 0 amide bonds. The van der Waals surface area contributed by atoms with Crippen LogP contribution in [-0.2, 0) is 5.75 Å². The molecule has 2 nitrogen and oxygen atoms in total.